The summed E-state index contributed by atoms with van der Waals surface area (Å²) in [6.45, 7) is 5.36. The molecule has 15 heavy (non-hydrogen) atoms. The highest BCUT2D eigenvalue weighted by Gasteiger charge is 2.13. The molecular formula is C13H14FN. The van der Waals surface area contributed by atoms with Crippen molar-refractivity contribution in [3.05, 3.63) is 54.4 Å². The molecule has 78 valence electrons. The topological polar surface area (TPSA) is 3.24 Å². The number of rotatable bonds is 2. The number of hydrogen-bond acceptors (Lipinski definition) is 1. The fraction of sp³-hybridized carbons (Fsp3) is 0.231. The molecule has 1 heterocycles. The van der Waals surface area contributed by atoms with Gasteiger partial charge >= 0.3 is 0 Å². The lowest BCUT2D eigenvalue weighted by molar-refractivity contribution is 0.618. The summed E-state index contributed by atoms with van der Waals surface area (Å²) in [6, 6.07) is 6.91. The summed E-state index contributed by atoms with van der Waals surface area (Å²) >= 11 is 0. The summed E-state index contributed by atoms with van der Waals surface area (Å²) in [5.74, 6) is -0.145. The van der Waals surface area contributed by atoms with Crippen LogP contribution >= 0.6 is 0 Å². The van der Waals surface area contributed by atoms with E-state index in [0.717, 1.165) is 19.5 Å². The molecule has 0 aromatic heterocycles. The monoisotopic (exact) mass is 203 g/mol. The number of para-hydroxylation sites is 1. The van der Waals surface area contributed by atoms with Crippen molar-refractivity contribution < 1.29 is 4.39 Å². The highest BCUT2D eigenvalue weighted by atomic mass is 19.1. The van der Waals surface area contributed by atoms with Gasteiger partial charge < -0.3 is 4.90 Å². The Morgan fingerprint density at radius 1 is 1.33 bits per heavy atom. The summed E-state index contributed by atoms with van der Waals surface area (Å²) in [7, 11) is 0. The van der Waals surface area contributed by atoms with Gasteiger partial charge in [0.1, 0.15) is 5.82 Å². The minimum absolute atomic E-state index is 0.145. The van der Waals surface area contributed by atoms with Gasteiger partial charge in [0.2, 0.25) is 0 Å². The predicted octanol–water partition coefficient (Wildman–Crippen LogP) is 3.15. The molecule has 0 unspecified atom stereocenters. The Morgan fingerprint density at radius 3 is 2.73 bits per heavy atom. The first-order chi connectivity index (χ1) is 7.31. The number of nitrogens with zero attached hydrogens (tertiary/aromatic N) is 1. The van der Waals surface area contributed by atoms with E-state index in [1.807, 2.05) is 23.1 Å². The van der Waals surface area contributed by atoms with Crippen molar-refractivity contribution >= 4 is 5.69 Å². The number of allylic oxidation sites excluding steroid dienone is 1. The van der Waals surface area contributed by atoms with E-state index in [0.29, 0.717) is 5.69 Å². The Morgan fingerprint density at radius 2 is 2.13 bits per heavy atom. The summed E-state index contributed by atoms with van der Waals surface area (Å²) in [5.41, 5.74) is 1.94. The molecule has 0 amide bonds. The molecule has 0 aliphatic carbocycles. The molecule has 2 rings (SSSR count). The van der Waals surface area contributed by atoms with Gasteiger partial charge in [0.25, 0.3) is 0 Å². The van der Waals surface area contributed by atoms with Crippen LogP contribution in [0.1, 0.15) is 6.42 Å². The molecule has 1 aliphatic rings. The van der Waals surface area contributed by atoms with Gasteiger partial charge in [-0.3, -0.25) is 0 Å². The molecule has 0 saturated carbocycles. The van der Waals surface area contributed by atoms with Gasteiger partial charge in [-0.1, -0.05) is 30.9 Å². The van der Waals surface area contributed by atoms with Gasteiger partial charge in [0.15, 0.2) is 0 Å². The molecule has 0 atom stereocenters. The average Bonchev–Trinajstić information content (AvgIpc) is 2.30. The van der Waals surface area contributed by atoms with E-state index in [9.17, 15) is 4.39 Å². The summed E-state index contributed by atoms with van der Waals surface area (Å²) in [6.07, 6.45) is 4.92. The Bertz CT molecular complexity index is 395. The number of anilines is 1. The minimum atomic E-state index is -0.145. The van der Waals surface area contributed by atoms with Gasteiger partial charge in [0, 0.05) is 13.1 Å². The largest absolute Gasteiger partial charge is 0.365 e. The SMILES string of the molecule is C=CC1=CCN(c2ccccc2F)CC1. The lowest BCUT2D eigenvalue weighted by Gasteiger charge is -2.27. The Labute approximate surface area is 89.5 Å². The van der Waals surface area contributed by atoms with Crippen LogP contribution in [-0.4, -0.2) is 13.1 Å². The molecule has 1 aliphatic heterocycles. The van der Waals surface area contributed by atoms with Crippen LogP contribution in [-0.2, 0) is 0 Å². The second-order valence-corrected chi connectivity index (χ2v) is 3.63. The molecular weight excluding hydrogens is 189 g/mol. The predicted molar refractivity (Wildman–Crippen MR) is 61.5 cm³/mol. The van der Waals surface area contributed by atoms with E-state index in [4.69, 9.17) is 0 Å². The van der Waals surface area contributed by atoms with Gasteiger partial charge in [-0.15, -0.1) is 0 Å². The highest BCUT2D eigenvalue weighted by Crippen LogP contribution is 2.22. The van der Waals surface area contributed by atoms with Crippen molar-refractivity contribution in [1.82, 2.24) is 0 Å². The van der Waals surface area contributed by atoms with E-state index in [1.165, 1.54) is 11.6 Å². The van der Waals surface area contributed by atoms with Crippen LogP contribution in [0, 0.1) is 5.82 Å². The molecule has 0 saturated heterocycles. The fourth-order valence-electron chi connectivity index (χ4n) is 1.80. The standard InChI is InChI=1S/C13H14FN/c1-2-11-7-9-15(10-8-11)13-6-4-3-5-12(13)14/h2-7H,1,8-10H2. The normalized spacial score (nSPS) is 16.1. The molecule has 1 nitrogen and oxygen atoms in total. The molecule has 1 aromatic rings. The van der Waals surface area contributed by atoms with E-state index in [2.05, 4.69) is 12.7 Å². The van der Waals surface area contributed by atoms with Crippen LogP contribution in [0.25, 0.3) is 0 Å². The van der Waals surface area contributed by atoms with Crippen molar-refractivity contribution in [3.8, 4) is 0 Å². The lowest BCUT2D eigenvalue weighted by Crippen LogP contribution is -2.28. The second kappa shape index (κ2) is 4.30. The maximum absolute atomic E-state index is 13.5. The summed E-state index contributed by atoms with van der Waals surface area (Å²) in [5, 5.41) is 0. The maximum Gasteiger partial charge on any atom is 0.146 e. The zero-order valence-corrected chi connectivity index (χ0v) is 8.62. The van der Waals surface area contributed by atoms with Crippen LogP contribution in [0.15, 0.2) is 48.6 Å². The van der Waals surface area contributed by atoms with Crippen LogP contribution in [0.3, 0.4) is 0 Å². The number of hydrogen-bond donors (Lipinski definition) is 0. The molecule has 0 fully saturated rings. The Hall–Kier alpha value is -1.57. The van der Waals surface area contributed by atoms with E-state index < -0.39 is 0 Å². The van der Waals surface area contributed by atoms with Crippen molar-refractivity contribution in [1.29, 1.82) is 0 Å². The Balaban J connectivity index is 2.18. The highest BCUT2D eigenvalue weighted by molar-refractivity contribution is 5.49. The molecule has 0 radical (unpaired) electrons. The summed E-state index contributed by atoms with van der Waals surface area (Å²) in [4.78, 5) is 2.04. The molecule has 0 N–H and O–H groups in total. The molecule has 0 bridgehead atoms. The number of benzene rings is 1. The third-order valence-corrected chi connectivity index (χ3v) is 2.70. The van der Waals surface area contributed by atoms with Gasteiger partial charge in [-0.25, -0.2) is 4.39 Å². The summed E-state index contributed by atoms with van der Waals surface area (Å²) < 4.78 is 13.5. The zero-order valence-electron chi connectivity index (χ0n) is 8.62. The molecule has 2 heteroatoms. The first kappa shape index (κ1) is 9.97. The van der Waals surface area contributed by atoms with Crippen LogP contribution < -0.4 is 4.90 Å². The van der Waals surface area contributed by atoms with Crippen LogP contribution in [0.4, 0.5) is 10.1 Å². The smallest absolute Gasteiger partial charge is 0.146 e. The van der Waals surface area contributed by atoms with Gasteiger partial charge in [0.05, 0.1) is 5.69 Å². The van der Waals surface area contributed by atoms with Crippen molar-refractivity contribution in [3.63, 3.8) is 0 Å². The second-order valence-electron chi connectivity index (χ2n) is 3.63. The molecule has 0 spiro atoms. The van der Waals surface area contributed by atoms with Gasteiger partial charge in [-0.2, -0.15) is 0 Å². The third kappa shape index (κ3) is 2.09. The Kier molecular flexibility index (Phi) is 2.86. The zero-order chi connectivity index (χ0) is 10.7. The van der Waals surface area contributed by atoms with E-state index in [1.54, 1.807) is 6.07 Å². The van der Waals surface area contributed by atoms with Gasteiger partial charge in [-0.05, 0) is 24.1 Å². The molecule has 1 aromatic carbocycles. The van der Waals surface area contributed by atoms with Crippen LogP contribution in [0.2, 0.25) is 0 Å². The fourth-order valence-corrected chi connectivity index (χ4v) is 1.80. The quantitative estimate of drug-likeness (QED) is 0.713. The maximum atomic E-state index is 13.5. The van der Waals surface area contributed by atoms with Crippen LogP contribution in [0.5, 0.6) is 0 Å². The first-order valence-corrected chi connectivity index (χ1v) is 5.12. The van der Waals surface area contributed by atoms with E-state index >= 15 is 0 Å². The first-order valence-electron chi connectivity index (χ1n) is 5.12. The number of halogens is 1. The lowest BCUT2D eigenvalue weighted by atomic mass is 10.1. The van der Waals surface area contributed by atoms with Crippen molar-refractivity contribution in [2.24, 2.45) is 0 Å². The van der Waals surface area contributed by atoms with E-state index in [-0.39, 0.29) is 5.82 Å². The average molecular weight is 203 g/mol. The third-order valence-electron chi connectivity index (χ3n) is 2.70. The minimum Gasteiger partial charge on any atom is -0.365 e. The van der Waals surface area contributed by atoms with Crippen molar-refractivity contribution in [2.75, 3.05) is 18.0 Å². The van der Waals surface area contributed by atoms with Crippen molar-refractivity contribution in [2.45, 2.75) is 6.42 Å².